The number of hydrogen-bond donors (Lipinski definition) is 1. The minimum atomic E-state index is 0.660. The molecule has 0 heterocycles. The summed E-state index contributed by atoms with van der Waals surface area (Å²) in [4.78, 5) is 0. The molecule has 2 fully saturated rings. The van der Waals surface area contributed by atoms with E-state index >= 15 is 0 Å². The average molecular weight is 209 g/mol. The van der Waals surface area contributed by atoms with Crippen molar-refractivity contribution in [2.75, 3.05) is 6.54 Å². The van der Waals surface area contributed by atoms with Gasteiger partial charge in [0.05, 0.1) is 0 Å². The fraction of sp³-hybridized carbons (Fsp3) is 1.00. The zero-order chi connectivity index (χ0) is 10.9. The maximum Gasteiger partial charge on any atom is 0.00104 e. The molecule has 2 saturated carbocycles. The Morgan fingerprint density at radius 1 is 1.33 bits per heavy atom. The molecule has 1 nitrogen and oxygen atoms in total. The first-order chi connectivity index (χ1) is 7.16. The highest BCUT2D eigenvalue weighted by atomic mass is 14.9. The van der Waals surface area contributed by atoms with Gasteiger partial charge in [0.2, 0.25) is 0 Å². The third-order valence-electron chi connectivity index (χ3n) is 4.69. The third-order valence-corrected chi connectivity index (χ3v) is 4.69. The Kier molecular flexibility index (Phi) is 3.39. The summed E-state index contributed by atoms with van der Waals surface area (Å²) in [5, 5.41) is 3.61. The van der Waals surface area contributed by atoms with E-state index in [0.29, 0.717) is 6.04 Å². The fourth-order valence-electron chi connectivity index (χ4n) is 3.52. The first-order valence-electron chi connectivity index (χ1n) is 6.89. The Morgan fingerprint density at radius 3 is 2.80 bits per heavy atom. The van der Waals surface area contributed by atoms with Gasteiger partial charge >= 0.3 is 0 Å². The van der Waals surface area contributed by atoms with Crippen molar-refractivity contribution in [2.24, 2.45) is 17.3 Å². The van der Waals surface area contributed by atoms with Gasteiger partial charge in [-0.3, -0.25) is 0 Å². The van der Waals surface area contributed by atoms with Gasteiger partial charge in [-0.1, -0.05) is 40.0 Å². The van der Waals surface area contributed by atoms with Gasteiger partial charge in [0, 0.05) is 6.04 Å². The minimum absolute atomic E-state index is 0.660. The van der Waals surface area contributed by atoms with E-state index < -0.39 is 0 Å². The molecule has 0 amide bonds. The largest absolute Gasteiger partial charge is 0.314 e. The summed E-state index contributed by atoms with van der Waals surface area (Å²) in [6, 6.07) is 0.660. The van der Waals surface area contributed by atoms with Crippen LogP contribution in [-0.4, -0.2) is 12.6 Å². The maximum absolute atomic E-state index is 3.61. The van der Waals surface area contributed by atoms with Crippen molar-refractivity contribution in [3.63, 3.8) is 0 Å². The Balaban J connectivity index is 1.78. The van der Waals surface area contributed by atoms with Crippen LogP contribution < -0.4 is 5.32 Å². The van der Waals surface area contributed by atoms with Crippen LogP contribution in [0, 0.1) is 17.3 Å². The smallest absolute Gasteiger partial charge is 0.00104 e. The Bertz CT molecular complexity index is 211. The highest BCUT2D eigenvalue weighted by Gasteiger charge is 2.54. The average Bonchev–Trinajstić information content (AvgIpc) is 2.88. The first-order valence-corrected chi connectivity index (χ1v) is 6.89. The van der Waals surface area contributed by atoms with Crippen LogP contribution in [0.1, 0.15) is 59.3 Å². The Morgan fingerprint density at radius 2 is 2.13 bits per heavy atom. The molecule has 2 aliphatic carbocycles. The second kappa shape index (κ2) is 4.45. The third kappa shape index (κ3) is 2.55. The highest BCUT2D eigenvalue weighted by Crippen LogP contribution is 2.62. The van der Waals surface area contributed by atoms with Gasteiger partial charge in [0.15, 0.2) is 0 Å². The molecule has 0 aromatic rings. The number of nitrogens with one attached hydrogen (secondary N) is 1. The highest BCUT2D eigenvalue weighted by molar-refractivity contribution is 5.05. The molecule has 0 radical (unpaired) electrons. The SMILES string of the molecule is CCC1CCCC2(C1)CC2CNC(C)C. The molecule has 1 spiro atoms. The Labute approximate surface area is 95.0 Å². The van der Waals surface area contributed by atoms with Gasteiger partial charge in [-0.05, 0) is 43.1 Å². The van der Waals surface area contributed by atoms with Gasteiger partial charge < -0.3 is 5.32 Å². The number of hydrogen-bond acceptors (Lipinski definition) is 1. The lowest BCUT2D eigenvalue weighted by Gasteiger charge is -2.29. The van der Waals surface area contributed by atoms with E-state index in [1.807, 2.05) is 0 Å². The second-order valence-corrected chi connectivity index (χ2v) is 6.20. The number of rotatable bonds is 4. The molecule has 0 bridgehead atoms. The standard InChI is InChI=1S/C14H27N/c1-4-12-6-5-7-14(8-12)9-13(14)10-15-11(2)3/h11-13,15H,4-10H2,1-3H3. The van der Waals surface area contributed by atoms with Crippen LogP contribution in [0.15, 0.2) is 0 Å². The van der Waals surface area contributed by atoms with E-state index in [2.05, 4.69) is 26.1 Å². The van der Waals surface area contributed by atoms with Crippen molar-refractivity contribution < 1.29 is 0 Å². The molecule has 0 saturated heterocycles. The summed E-state index contributed by atoms with van der Waals surface area (Å²) in [5.74, 6) is 2.05. The monoisotopic (exact) mass is 209 g/mol. The van der Waals surface area contributed by atoms with Crippen LogP contribution >= 0.6 is 0 Å². The van der Waals surface area contributed by atoms with Crippen molar-refractivity contribution >= 4 is 0 Å². The minimum Gasteiger partial charge on any atom is -0.314 e. The van der Waals surface area contributed by atoms with Crippen LogP contribution in [0.4, 0.5) is 0 Å². The van der Waals surface area contributed by atoms with Crippen LogP contribution in [0.25, 0.3) is 0 Å². The molecule has 0 aliphatic heterocycles. The molecule has 0 aromatic carbocycles. The molecule has 88 valence electrons. The summed E-state index contributed by atoms with van der Waals surface area (Å²) in [7, 11) is 0. The van der Waals surface area contributed by atoms with E-state index in [9.17, 15) is 0 Å². The fourth-order valence-corrected chi connectivity index (χ4v) is 3.52. The lowest BCUT2D eigenvalue weighted by molar-refractivity contribution is 0.222. The van der Waals surface area contributed by atoms with Crippen molar-refractivity contribution in [3.05, 3.63) is 0 Å². The molecular weight excluding hydrogens is 182 g/mol. The van der Waals surface area contributed by atoms with Crippen molar-refractivity contribution in [1.82, 2.24) is 5.32 Å². The summed E-state index contributed by atoms with van der Waals surface area (Å²) < 4.78 is 0. The van der Waals surface area contributed by atoms with Crippen molar-refractivity contribution in [2.45, 2.75) is 65.3 Å². The van der Waals surface area contributed by atoms with E-state index in [-0.39, 0.29) is 0 Å². The van der Waals surface area contributed by atoms with Crippen molar-refractivity contribution in [1.29, 1.82) is 0 Å². The second-order valence-electron chi connectivity index (χ2n) is 6.20. The topological polar surface area (TPSA) is 12.0 Å². The molecule has 2 aliphatic rings. The van der Waals surface area contributed by atoms with E-state index in [0.717, 1.165) is 17.3 Å². The predicted octanol–water partition coefficient (Wildman–Crippen LogP) is 3.59. The predicted molar refractivity (Wildman–Crippen MR) is 65.9 cm³/mol. The van der Waals surface area contributed by atoms with Crippen LogP contribution in [0.2, 0.25) is 0 Å². The summed E-state index contributed by atoms with van der Waals surface area (Å²) in [6.45, 7) is 8.15. The van der Waals surface area contributed by atoms with E-state index in [1.54, 1.807) is 0 Å². The zero-order valence-corrected chi connectivity index (χ0v) is 10.7. The maximum atomic E-state index is 3.61. The zero-order valence-electron chi connectivity index (χ0n) is 10.7. The molecule has 1 heteroatoms. The first kappa shape index (κ1) is 11.4. The lowest BCUT2D eigenvalue weighted by Crippen LogP contribution is -2.28. The van der Waals surface area contributed by atoms with E-state index in [4.69, 9.17) is 0 Å². The molecule has 3 atom stereocenters. The molecule has 15 heavy (non-hydrogen) atoms. The van der Waals surface area contributed by atoms with Gasteiger partial charge in [-0.2, -0.15) is 0 Å². The summed E-state index contributed by atoms with van der Waals surface area (Å²) in [5.41, 5.74) is 0.792. The van der Waals surface area contributed by atoms with Crippen LogP contribution in [0.5, 0.6) is 0 Å². The van der Waals surface area contributed by atoms with Gasteiger partial charge in [0.1, 0.15) is 0 Å². The molecular formula is C14H27N. The van der Waals surface area contributed by atoms with Crippen molar-refractivity contribution in [3.8, 4) is 0 Å². The van der Waals surface area contributed by atoms with Gasteiger partial charge in [-0.25, -0.2) is 0 Å². The quantitative estimate of drug-likeness (QED) is 0.746. The summed E-state index contributed by atoms with van der Waals surface area (Å²) in [6.07, 6.45) is 8.98. The lowest BCUT2D eigenvalue weighted by atomic mass is 9.76. The molecule has 2 rings (SSSR count). The molecule has 0 aromatic heterocycles. The van der Waals surface area contributed by atoms with Crippen LogP contribution in [-0.2, 0) is 0 Å². The normalized spacial score (nSPS) is 40.0. The molecule has 1 N–H and O–H groups in total. The van der Waals surface area contributed by atoms with Gasteiger partial charge in [0.25, 0.3) is 0 Å². The summed E-state index contributed by atoms with van der Waals surface area (Å²) >= 11 is 0. The van der Waals surface area contributed by atoms with Gasteiger partial charge in [-0.15, -0.1) is 0 Å². The van der Waals surface area contributed by atoms with E-state index in [1.165, 1.54) is 45.1 Å². The Hall–Kier alpha value is -0.0400. The molecule has 3 unspecified atom stereocenters. The van der Waals surface area contributed by atoms with Crippen LogP contribution in [0.3, 0.4) is 0 Å².